The number of carbonyl (C=O) groups excluding carboxylic acids is 4. The number of nitrogens with one attached hydrogen (secondary N) is 4. The number of aromatic amines is 1. The van der Waals surface area contributed by atoms with Gasteiger partial charge in [0.05, 0.1) is 38.2 Å². The zero-order chi connectivity index (χ0) is 31.6. The number of ether oxygens (including phenoxy) is 1. The maximum atomic E-state index is 12.7. The molecular weight excluding hydrogens is 578 g/mol. The van der Waals surface area contributed by atoms with Crippen molar-refractivity contribution < 1.29 is 33.8 Å². The molecule has 1 aliphatic heterocycles. The SMILES string of the molecule is Nc1nc2ncc(CNc3ccc(C(=O)NC(CCC(=O)NCCOCCN4C(=O)C=CC4=O)C(=O)O)cc3)nc2c(=O)[nH]1. The summed E-state index contributed by atoms with van der Waals surface area (Å²) in [7, 11) is 0. The zero-order valence-corrected chi connectivity index (χ0v) is 23.2. The lowest BCUT2D eigenvalue weighted by atomic mass is 10.1. The molecule has 17 nitrogen and oxygen atoms in total. The fourth-order valence-corrected chi connectivity index (χ4v) is 4.02. The minimum Gasteiger partial charge on any atom is -0.480 e. The third-order valence-corrected chi connectivity index (χ3v) is 6.30. The molecule has 230 valence electrons. The summed E-state index contributed by atoms with van der Waals surface area (Å²) in [6.45, 7) is 0.681. The standard InChI is InChI=1S/C27H29N9O8/c28-27-34-23-22(25(41)35-27)32-17(14-31-23)13-30-16-3-1-15(2-4-16)24(40)33-18(26(42)43)5-6-19(37)29-9-11-44-12-10-36-20(38)7-8-21(36)39/h1-4,7-8,14,18,30H,5-6,9-13H2,(H,29,37)(H,33,40)(H,42,43)(H3,28,31,34,35,41). The van der Waals surface area contributed by atoms with Crippen molar-refractivity contribution in [3.05, 3.63) is 64.2 Å². The summed E-state index contributed by atoms with van der Waals surface area (Å²) < 4.78 is 5.31. The van der Waals surface area contributed by atoms with Crippen LogP contribution < -0.4 is 27.2 Å². The highest BCUT2D eigenvalue weighted by Crippen LogP contribution is 2.12. The molecule has 4 amide bonds. The average molecular weight is 608 g/mol. The predicted octanol–water partition coefficient (Wildman–Crippen LogP) is -1.07. The van der Waals surface area contributed by atoms with Crippen LogP contribution in [0.15, 0.2) is 47.4 Å². The van der Waals surface area contributed by atoms with Crippen molar-refractivity contribution in [2.24, 2.45) is 0 Å². The summed E-state index contributed by atoms with van der Waals surface area (Å²) in [5.74, 6) is -3.23. The quantitative estimate of drug-likeness (QED) is 0.0890. The number of aromatic nitrogens is 4. The van der Waals surface area contributed by atoms with Crippen LogP contribution in [0.4, 0.5) is 11.6 Å². The van der Waals surface area contributed by atoms with Gasteiger partial charge in [-0.2, -0.15) is 4.98 Å². The van der Waals surface area contributed by atoms with Gasteiger partial charge in [0, 0.05) is 36.4 Å². The number of rotatable bonds is 15. The summed E-state index contributed by atoms with van der Waals surface area (Å²) in [6.07, 6.45) is 3.51. The number of imide groups is 1. The van der Waals surface area contributed by atoms with Gasteiger partial charge in [-0.3, -0.25) is 33.9 Å². The Morgan fingerprint density at radius 3 is 2.48 bits per heavy atom. The van der Waals surface area contributed by atoms with E-state index in [2.05, 4.69) is 35.9 Å². The van der Waals surface area contributed by atoms with Crippen LogP contribution in [0, 0.1) is 0 Å². The van der Waals surface area contributed by atoms with E-state index in [0.717, 1.165) is 4.90 Å². The number of benzene rings is 1. The van der Waals surface area contributed by atoms with Crippen molar-refractivity contribution in [3.63, 3.8) is 0 Å². The molecule has 0 saturated carbocycles. The number of carbonyl (C=O) groups is 5. The van der Waals surface area contributed by atoms with Crippen LogP contribution in [0.2, 0.25) is 0 Å². The first kappa shape index (κ1) is 31.2. The molecule has 1 aromatic carbocycles. The zero-order valence-electron chi connectivity index (χ0n) is 23.2. The molecule has 1 aliphatic rings. The number of amides is 4. The number of H-pyrrole nitrogens is 1. The number of carboxylic acid groups (broad SMARTS) is 1. The second-order valence-corrected chi connectivity index (χ2v) is 9.44. The van der Waals surface area contributed by atoms with E-state index in [1.807, 2.05) is 0 Å². The van der Waals surface area contributed by atoms with Crippen LogP contribution in [0.5, 0.6) is 0 Å². The lowest BCUT2D eigenvalue weighted by Gasteiger charge is -2.15. The number of fused-ring (bicyclic) bond motifs is 1. The molecule has 0 saturated heterocycles. The molecule has 0 spiro atoms. The van der Waals surface area contributed by atoms with Gasteiger partial charge < -0.3 is 31.5 Å². The molecule has 1 atom stereocenters. The van der Waals surface area contributed by atoms with Crippen LogP contribution in [0.3, 0.4) is 0 Å². The Bertz CT molecular complexity index is 1640. The normalized spacial score (nSPS) is 13.2. The summed E-state index contributed by atoms with van der Waals surface area (Å²) in [6, 6.07) is 4.92. The second-order valence-electron chi connectivity index (χ2n) is 9.44. The van der Waals surface area contributed by atoms with Gasteiger partial charge in [0.2, 0.25) is 11.9 Å². The summed E-state index contributed by atoms with van der Waals surface area (Å²) >= 11 is 0. The molecule has 0 aliphatic carbocycles. The third kappa shape index (κ3) is 8.41. The first-order valence-corrected chi connectivity index (χ1v) is 13.4. The van der Waals surface area contributed by atoms with E-state index in [1.54, 1.807) is 12.1 Å². The summed E-state index contributed by atoms with van der Waals surface area (Å²) in [5.41, 5.74) is 6.46. The Labute approximate surface area is 248 Å². The molecule has 7 N–H and O–H groups in total. The maximum absolute atomic E-state index is 12.7. The van der Waals surface area contributed by atoms with Crippen molar-refractivity contribution in [1.82, 2.24) is 35.5 Å². The Morgan fingerprint density at radius 2 is 1.77 bits per heavy atom. The Morgan fingerprint density at radius 1 is 1.05 bits per heavy atom. The maximum Gasteiger partial charge on any atom is 0.326 e. The molecular formula is C27H29N9O8. The molecule has 0 bridgehead atoms. The number of nitrogen functional groups attached to an aromatic ring is 1. The first-order chi connectivity index (χ1) is 21.1. The average Bonchev–Trinajstić information content (AvgIpc) is 3.32. The van der Waals surface area contributed by atoms with E-state index in [4.69, 9.17) is 10.5 Å². The summed E-state index contributed by atoms with van der Waals surface area (Å²) in [5, 5.41) is 17.6. The number of hydrogen-bond acceptors (Lipinski definition) is 12. The van der Waals surface area contributed by atoms with Crippen LogP contribution in [-0.2, 0) is 30.5 Å². The van der Waals surface area contributed by atoms with Crippen molar-refractivity contribution in [2.75, 3.05) is 37.4 Å². The van der Waals surface area contributed by atoms with Crippen LogP contribution in [0.1, 0.15) is 28.9 Å². The second kappa shape index (κ2) is 14.5. The Balaban J connectivity index is 1.17. The first-order valence-electron chi connectivity index (χ1n) is 13.4. The van der Waals surface area contributed by atoms with Crippen molar-refractivity contribution in [2.45, 2.75) is 25.4 Å². The van der Waals surface area contributed by atoms with E-state index in [9.17, 15) is 33.9 Å². The molecule has 0 fully saturated rings. The number of aliphatic carboxylic acids is 1. The summed E-state index contributed by atoms with van der Waals surface area (Å²) in [4.78, 5) is 87.1. The Kier molecular flexibility index (Phi) is 10.3. The minimum absolute atomic E-state index is 0.0470. The highest BCUT2D eigenvalue weighted by Gasteiger charge is 2.23. The van der Waals surface area contributed by atoms with Gasteiger partial charge in [0.15, 0.2) is 11.2 Å². The predicted molar refractivity (Wildman–Crippen MR) is 154 cm³/mol. The van der Waals surface area contributed by atoms with Gasteiger partial charge in [0.1, 0.15) is 6.04 Å². The van der Waals surface area contributed by atoms with Crippen molar-refractivity contribution in [1.29, 1.82) is 0 Å². The van der Waals surface area contributed by atoms with E-state index in [0.29, 0.717) is 11.4 Å². The minimum atomic E-state index is -1.30. The molecule has 4 rings (SSSR count). The molecule has 3 heterocycles. The lowest BCUT2D eigenvalue weighted by molar-refractivity contribution is -0.140. The molecule has 1 unspecified atom stereocenters. The van der Waals surface area contributed by atoms with Gasteiger partial charge in [0.25, 0.3) is 23.3 Å². The smallest absolute Gasteiger partial charge is 0.326 e. The van der Waals surface area contributed by atoms with E-state index in [1.165, 1.54) is 30.5 Å². The van der Waals surface area contributed by atoms with Gasteiger partial charge in [-0.15, -0.1) is 0 Å². The van der Waals surface area contributed by atoms with Crippen LogP contribution in [0.25, 0.3) is 11.2 Å². The largest absolute Gasteiger partial charge is 0.480 e. The Hall–Kier alpha value is -5.71. The number of hydrogen-bond donors (Lipinski definition) is 6. The topological polar surface area (TPSA) is 252 Å². The van der Waals surface area contributed by atoms with Gasteiger partial charge in [-0.25, -0.2) is 14.8 Å². The number of nitrogens with two attached hydrogens (primary N) is 1. The van der Waals surface area contributed by atoms with Crippen LogP contribution >= 0.6 is 0 Å². The van der Waals surface area contributed by atoms with E-state index >= 15 is 0 Å². The van der Waals surface area contributed by atoms with Gasteiger partial charge in [-0.05, 0) is 30.7 Å². The van der Waals surface area contributed by atoms with E-state index in [-0.39, 0.29) is 68.4 Å². The fraction of sp³-hybridized carbons (Fsp3) is 0.296. The van der Waals surface area contributed by atoms with Gasteiger partial charge in [-0.1, -0.05) is 0 Å². The van der Waals surface area contributed by atoms with Crippen LogP contribution in [-0.4, -0.2) is 91.9 Å². The molecule has 2 aromatic heterocycles. The molecule has 0 radical (unpaired) electrons. The van der Waals surface area contributed by atoms with Crippen molar-refractivity contribution in [3.8, 4) is 0 Å². The van der Waals surface area contributed by atoms with Gasteiger partial charge >= 0.3 is 5.97 Å². The molecule has 3 aromatic rings. The highest BCUT2D eigenvalue weighted by atomic mass is 16.5. The highest BCUT2D eigenvalue weighted by molar-refractivity contribution is 6.12. The molecule has 44 heavy (non-hydrogen) atoms. The number of nitrogens with zero attached hydrogens (tertiary/aromatic N) is 4. The fourth-order valence-electron chi connectivity index (χ4n) is 4.02. The monoisotopic (exact) mass is 607 g/mol. The third-order valence-electron chi connectivity index (χ3n) is 6.30. The lowest BCUT2D eigenvalue weighted by Crippen LogP contribution is -2.41. The molecule has 17 heteroatoms. The van der Waals surface area contributed by atoms with E-state index < -0.39 is 41.2 Å². The number of anilines is 2. The van der Waals surface area contributed by atoms with Crippen molar-refractivity contribution >= 4 is 52.4 Å². The number of carboxylic acids is 1.